The van der Waals surface area contributed by atoms with E-state index in [9.17, 15) is 13.2 Å². The molecule has 1 aromatic heterocycles. The minimum Gasteiger partial charge on any atom is -0.232 e. The molecule has 1 saturated carbocycles. The van der Waals surface area contributed by atoms with Gasteiger partial charge in [-0.3, -0.25) is 0 Å². The molecule has 0 N–H and O–H groups in total. The first-order chi connectivity index (χ1) is 9.45. The van der Waals surface area contributed by atoms with Crippen molar-refractivity contribution in [1.29, 1.82) is 0 Å². The maximum atomic E-state index is 13.0. The molecule has 20 heavy (non-hydrogen) atoms. The van der Waals surface area contributed by atoms with E-state index in [0.717, 1.165) is 18.9 Å². The lowest BCUT2D eigenvalue weighted by Crippen LogP contribution is -2.08. The zero-order valence-corrected chi connectivity index (χ0v) is 11.0. The van der Waals surface area contributed by atoms with Crippen LogP contribution >= 0.6 is 11.6 Å². The van der Waals surface area contributed by atoms with Crippen molar-refractivity contribution in [3.8, 4) is 11.3 Å². The maximum absolute atomic E-state index is 13.0. The smallest absolute Gasteiger partial charge is 0.232 e. The fraction of sp³-hybridized carbons (Fsp3) is 0.286. The fourth-order valence-electron chi connectivity index (χ4n) is 2.05. The Morgan fingerprint density at radius 1 is 1.10 bits per heavy atom. The molecule has 1 heterocycles. The van der Waals surface area contributed by atoms with Gasteiger partial charge in [0.05, 0.1) is 11.3 Å². The third-order valence-corrected chi connectivity index (χ3v) is 3.36. The summed E-state index contributed by atoms with van der Waals surface area (Å²) >= 11 is 5.91. The highest BCUT2D eigenvalue weighted by Crippen LogP contribution is 2.41. The van der Waals surface area contributed by atoms with Crippen molar-refractivity contribution >= 4 is 11.6 Å². The highest BCUT2D eigenvalue weighted by atomic mass is 35.5. The molecule has 104 valence electrons. The van der Waals surface area contributed by atoms with Crippen molar-refractivity contribution in [2.45, 2.75) is 24.9 Å². The summed E-state index contributed by atoms with van der Waals surface area (Å²) in [6.07, 6.45) is -2.50. The molecule has 0 saturated heterocycles. The molecule has 0 amide bonds. The van der Waals surface area contributed by atoms with E-state index in [1.807, 2.05) is 0 Å². The number of hydrogen-bond acceptors (Lipinski definition) is 2. The van der Waals surface area contributed by atoms with Crippen molar-refractivity contribution in [3.63, 3.8) is 0 Å². The van der Waals surface area contributed by atoms with Gasteiger partial charge in [-0.25, -0.2) is 9.97 Å². The van der Waals surface area contributed by atoms with Crippen LogP contribution in [0.2, 0.25) is 5.15 Å². The van der Waals surface area contributed by atoms with Gasteiger partial charge >= 0.3 is 6.18 Å². The van der Waals surface area contributed by atoms with E-state index >= 15 is 0 Å². The molecule has 2 nitrogen and oxygen atoms in total. The van der Waals surface area contributed by atoms with Crippen molar-refractivity contribution in [2.75, 3.05) is 0 Å². The summed E-state index contributed by atoms with van der Waals surface area (Å²) < 4.78 is 39.1. The van der Waals surface area contributed by atoms with Gasteiger partial charge in [0.2, 0.25) is 0 Å². The van der Waals surface area contributed by atoms with E-state index in [-0.39, 0.29) is 22.3 Å². The third-order valence-electron chi connectivity index (χ3n) is 3.16. The predicted octanol–water partition coefficient (Wildman–Crippen LogP) is 4.69. The van der Waals surface area contributed by atoms with E-state index in [1.54, 1.807) is 6.07 Å². The van der Waals surface area contributed by atoms with Crippen LogP contribution < -0.4 is 0 Å². The first-order valence-corrected chi connectivity index (χ1v) is 6.54. The van der Waals surface area contributed by atoms with Crippen molar-refractivity contribution in [2.24, 2.45) is 0 Å². The van der Waals surface area contributed by atoms with Crippen LogP contribution in [0.3, 0.4) is 0 Å². The molecule has 6 heteroatoms. The number of nitrogens with zero attached hydrogens (tertiary/aromatic N) is 2. The van der Waals surface area contributed by atoms with E-state index in [0.29, 0.717) is 5.82 Å². The van der Waals surface area contributed by atoms with Gasteiger partial charge in [0.25, 0.3) is 0 Å². The van der Waals surface area contributed by atoms with Crippen LogP contribution in [0.5, 0.6) is 0 Å². The highest BCUT2D eigenvalue weighted by molar-refractivity contribution is 6.29. The maximum Gasteiger partial charge on any atom is 0.417 e. The predicted molar refractivity (Wildman–Crippen MR) is 69.5 cm³/mol. The van der Waals surface area contributed by atoms with Crippen LogP contribution in [0.25, 0.3) is 11.3 Å². The van der Waals surface area contributed by atoms with Crippen molar-refractivity contribution in [3.05, 3.63) is 46.9 Å². The monoisotopic (exact) mass is 298 g/mol. The molecule has 1 aromatic carbocycles. The molecule has 0 atom stereocenters. The Balaban J connectivity index is 2.13. The van der Waals surface area contributed by atoms with Gasteiger partial charge in [0, 0.05) is 17.5 Å². The van der Waals surface area contributed by atoms with E-state index in [4.69, 9.17) is 11.6 Å². The zero-order valence-electron chi connectivity index (χ0n) is 10.3. The summed E-state index contributed by atoms with van der Waals surface area (Å²) in [4.78, 5) is 8.33. The van der Waals surface area contributed by atoms with Gasteiger partial charge in [-0.05, 0) is 18.9 Å². The summed E-state index contributed by atoms with van der Waals surface area (Å²) in [6, 6.07) is 6.73. The SMILES string of the molecule is FC(F)(F)c1ccccc1-c1cc(Cl)nc(C2CC2)n1. The van der Waals surface area contributed by atoms with Gasteiger partial charge in [-0.15, -0.1) is 0 Å². The van der Waals surface area contributed by atoms with Gasteiger partial charge < -0.3 is 0 Å². The van der Waals surface area contributed by atoms with Crippen LogP contribution in [0.1, 0.15) is 30.1 Å². The molecule has 2 aromatic rings. The topological polar surface area (TPSA) is 25.8 Å². The summed E-state index contributed by atoms with van der Waals surface area (Å²) in [5.41, 5.74) is -0.456. The second-order valence-electron chi connectivity index (χ2n) is 4.75. The summed E-state index contributed by atoms with van der Waals surface area (Å²) in [5, 5.41) is 0.175. The van der Waals surface area contributed by atoms with Crippen LogP contribution in [-0.2, 0) is 6.18 Å². The summed E-state index contributed by atoms with van der Waals surface area (Å²) in [6.45, 7) is 0. The van der Waals surface area contributed by atoms with Crippen molar-refractivity contribution in [1.82, 2.24) is 9.97 Å². The average molecular weight is 299 g/mol. The van der Waals surface area contributed by atoms with Gasteiger partial charge in [-0.1, -0.05) is 29.8 Å². The molecule has 0 spiro atoms. The molecule has 1 fully saturated rings. The number of aromatic nitrogens is 2. The molecule has 0 unspecified atom stereocenters. The second-order valence-corrected chi connectivity index (χ2v) is 5.14. The molecular weight excluding hydrogens is 289 g/mol. The lowest BCUT2D eigenvalue weighted by Gasteiger charge is -2.12. The van der Waals surface area contributed by atoms with Gasteiger partial charge in [0.1, 0.15) is 11.0 Å². The number of rotatable bonds is 2. The normalized spacial score (nSPS) is 15.4. The summed E-state index contributed by atoms with van der Waals surface area (Å²) in [5.74, 6) is 0.759. The average Bonchev–Trinajstić information content (AvgIpc) is 3.21. The highest BCUT2D eigenvalue weighted by Gasteiger charge is 2.34. The van der Waals surface area contributed by atoms with Crippen LogP contribution in [0.4, 0.5) is 13.2 Å². The van der Waals surface area contributed by atoms with Crippen LogP contribution in [0.15, 0.2) is 30.3 Å². The van der Waals surface area contributed by atoms with Crippen LogP contribution in [0, 0.1) is 0 Å². The third kappa shape index (κ3) is 2.63. The standard InChI is InChI=1S/C14H10ClF3N2/c15-12-7-11(19-13(20-12)8-5-6-8)9-3-1-2-4-10(9)14(16,17)18/h1-4,7-8H,5-6H2. The van der Waals surface area contributed by atoms with Crippen LogP contribution in [-0.4, -0.2) is 9.97 Å². The minimum atomic E-state index is -4.42. The second kappa shape index (κ2) is 4.74. The Labute approximate surface area is 118 Å². The fourth-order valence-corrected chi connectivity index (χ4v) is 2.24. The Hall–Kier alpha value is -1.62. The van der Waals surface area contributed by atoms with E-state index in [2.05, 4.69) is 9.97 Å². The molecular formula is C14H10ClF3N2. The first kappa shape index (κ1) is 13.4. The zero-order chi connectivity index (χ0) is 14.3. The Morgan fingerprint density at radius 2 is 1.80 bits per heavy atom. The first-order valence-electron chi connectivity index (χ1n) is 6.16. The number of hydrogen-bond donors (Lipinski definition) is 0. The number of benzene rings is 1. The lowest BCUT2D eigenvalue weighted by molar-refractivity contribution is -0.137. The Morgan fingerprint density at radius 3 is 2.45 bits per heavy atom. The van der Waals surface area contributed by atoms with Crippen molar-refractivity contribution < 1.29 is 13.2 Å². The largest absolute Gasteiger partial charge is 0.417 e. The molecule has 0 bridgehead atoms. The van der Waals surface area contributed by atoms with E-state index < -0.39 is 11.7 Å². The molecule has 1 aliphatic rings. The Bertz CT molecular complexity index is 651. The molecule has 1 aliphatic carbocycles. The number of alkyl halides is 3. The molecule has 3 rings (SSSR count). The lowest BCUT2D eigenvalue weighted by atomic mass is 10.0. The quantitative estimate of drug-likeness (QED) is 0.751. The number of halogens is 4. The summed E-state index contributed by atoms with van der Waals surface area (Å²) in [7, 11) is 0. The van der Waals surface area contributed by atoms with Gasteiger partial charge in [0.15, 0.2) is 0 Å². The van der Waals surface area contributed by atoms with E-state index in [1.165, 1.54) is 18.2 Å². The Kier molecular flexibility index (Phi) is 3.17. The molecule has 0 aliphatic heterocycles. The van der Waals surface area contributed by atoms with Gasteiger partial charge in [-0.2, -0.15) is 13.2 Å². The molecule has 0 radical (unpaired) electrons. The minimum absolute atomic E-state index is 0.0335.